The first-order valence-corrected chi connectivity index (χ1v) is 14.9. The molecular weight excluding hydrogens is 563 g/mol. The van der Waals surface area contributed by atoms with Crippen LogP contribution in [-0.4, -0.2) is 35.2 Å². The molecule has 0 bridgehead atoms. The number of esters is 1. The number of anilines is 2. The molecule has 45 heavy (non-hydrogen) atoms. The molecule has 0 radical (unpaired) electrons. The molecule has 0 fully saturated rings. The van der Waals surface area contributed by atoms with Crippen LogP contribution in [0.2, 0.25) is 0 Å². The van der Waals surface area contributed by atoms with Gasteiger partial charge in [0.05, 0.1) is 10.6 Å². The van der Waals surface area contributed by atoms with Crippen molar-refractivity contribution >= 4 is 52.0 Å². The second-order valence-electron chi connectivity index (χ2n) is 12.0. The van der Waals surface area contributed by atoms with Crippen molar-refractivity contribution in [1.82, 2.24) is 0 Å². The fraction of sp³-hybridized carbons (Fsp3) is 0.167. The molecule has 224 valence electrons. The summed E-state index contributed by atoms with van der Waals surface area (Å²) in [7, 11) is 0. The zero-order valence-corrected chi connectivity index (χ0v) is 25.4. The van der Waals surface area contributed by atoms with E-state index in [1.807, 2.05) is 91.0 Å². The number of nitro groups is 1. The zero-order chi connectivity index (χ0) is 31.6. The van der Waals surface area contributed by atoms with Crippen LogP contribution in [0.15, 0.2) is 120 Å². The number of nitrogens with one attached hydrogen (secondary N) is 2. The van der Waals surface area contributed by atoms with Gasteiger partial charge in [0.15, 0.2) is 6.04 Å². The molecular formula is C36H33BN4O4. The third-order valence-corrected chi connectivity index (χ3v) is 7.62. The van der Waals surface area contributed by atoms with Gasteiger partial charge in [-0.25, -0.2) is 4.79 Å². The van der Waals surface area contributed by atoms with E-state index in [1.165, 1.54) is 0 Å². The summed E-state index contributed by atoms with van der Waals surface area (Å²) in [5, 5.41) is 21.6. The lowest BCUT2D eigenvalue weighted by molar-refractivity contribution is -0.385. The summed E-state index contributed by atoms with van der Waals surface area (Å²) in [6.07, 6.45) is -0.0116. The van der Waals surface area contributed by atoms with Crippen molar-refractivity contribution in [2.45, 2.75) is 38.8 Å². The Hall–Kier alpha value is -5.44. The molecule has 1 atom stereocenters. The SMILES string of the molecule is CC(C)(C)OC(=O)C(Cc1ccc(B2Nc3cccc4cccc(c34)N2)cc1[N+](=O)[O-])N=C(c1ccccc1)c1ccccc1. The van der Waals surface area contributed by atoms with Crippen LogP contribution in [0.4, 0.5) is 17.1 Å². The molecule has 0 spiro atoms. The molecule has 6 rings (SSSR count). The molecule has 5 aromatic carbocycles. The average molecular weight is 596 g/mol. The minimum atomic E-state index is -1.03. The summed E-state index contributed by atoms with van der Waals surface area (Å²) in [6, 6.07) is 35.4. The summed E-state index contributed by atoms with van der Waals surface area (Å²) in [4.78, 5) is 30.7. The lowest BCUT2D eigenvalue weighted by Crippen LogP contribution is -2.48. The van der Waals surface area contributed by atoms with Gasteiger partial charge in [0.1, 0.15) is 5.60 Å². The van der Waals surface area contributed by atoms with Crippen molar-refractivity contribution in [1.29, 1.82) is 0 Å². The predicted molar refractivity (Wildman–Crippen MR) is 182 cm³/mol. The van der Waals surface area contributed by atoms with Crippen LogP contribution < -0.4 is 15.9 Å². The number of rotatable bonds is 8. The second kappa shape index (κ2) is 12.3. The first-order chi connectivity index (χ1) is 21.7. The van der Waals surface area contributed by atoms with Gasteiger partial charge in [-0.2, -0.15) is 0 Å². The molecule has 0 amide bonds. The molecule has 8 nitrogen and oxygen atoms in total. The molecule has 1 heterocycles. The molecule has 0 aromatic heterocycles. The first kappa shape index (κ1) is 29.6. The normalized spacial score (nSPS) is 12.9. The number of carbonyl (C=O) groups excluding carboxylic acids is 1. The summed E-state index contributed by atoms with van der Waals surface area (Å²) in [5.74, 6) is -0.550. The fourth-order valence-corrected chi connectivity index (χ4v) is 5.62. The van der Waals surface area contributed by atoms with Crippen LogP contribution in [0.1, 0.15) is 37.5 Å². The standard InChI is InChI=1S/C36H33BN4O4/c1-36(2,3)45-35(42)31(38-34(25-12-6-4-7-13-25)26-14-8-5-9-15-26)22-27-20-21-28(23-32(27)41(43)44)37-39-29-18-10-16-24-17-11-19-30(40-37)33(24)29/h4-21,23,31,39-40H,22H2,1-3H3. The number of aliphatic imine (C=N–C) groups is 1. The maximum absolute atomic E-state index is 13.6. The number of nitro benzene ring substituents is 1. The maximum atomic E-state index is 13.6. The van der Waals surface area contributed by atoms with E-state index in [1.54, 1.807) is 32.9 Å². The Bertz CT molecular complexity index is 1820. The van der Waals surface area contributed by atoms with E-state index in [9.17, 15) is 14.9 Å². The average Bonchev–Trinajstić information content (AvgIpc) is 3.03. The number of nitrogens with zero attached hydrogens (tertiary/aromatic N) is 2. The Balaban J connectivity index is 1.38. The number of ether oxygens (including phenoxy) is 1. The summed E-state index contributed by atoms with van der Waals surface area (Å²) in [5.41, 5.74) is 4.40. The molecule has 1 aliphatic rings. The Morgan fingerprint density at radius 1 is 0.844 bits per heavy atom. The molecule has 1 aliphatic heterocycles. The van der Waals surface area contributed by atoms with E-state index in [2.05, 4.69) is 22.6 Å². The van der Waals surface area contributed by atoms with E-state index >= 15 is 0 Å². The van der Waals surface area contributed by atoms with Gasteiger partial charge in [0.2, 0.25) is 0 Å². The zero-order valence-electron chi connectivity index (χ0n) is 25.4. The lowest BCUT2D eigenvalue weighted by Gasteiger charge is -2.27. The van der Waals surface area contributed by atoms with Crippen molar-refractivity contribution in [3.8, 4) is 0 Å². The Labute approximate surface area is 262 Å². The highest BCUT2D eigenvalue weighted by Gasteiger charge is 2.31. The topological polar surface area (TPSA) is 106 Å². The fourth-order valence-electron chi connectivity index (χ4n) is 5.62. The molecule has 0 saturated heterocycles. The third kappa shape index (κ3) is 6.57. The molecule has 0 aliphatic carbocycles. The van der Waals surface area contributed by atoms with Gasteiger partial charge >= 0.3 is 13.0 Å². The molecule has 9 heteroatoms. The first-order valence-electron chi connectivity index (χ1n) is 14.9. The summed E-state index contributed by atoms with van der Waals surface area (Å²) < 4.78 is 5.79. The smallest absolute Gasteiger partial charge is 0.406 e. The Kier molecular flexibility index (Phi) is 8.09. The van der Waals surface area contributed by atoms with Crippen LogP contribution in [0.3, 0.4) is 0 Å². The lowest BCUT2D eigenvalue weighted by atomic mass is 9.65. The van der Waals surface area contributed by atoms with Gasteiger partial charge in [0.25, 0.3) is 5.69 Å². The van der Waals surface area contributed by atoms with E-state index < -0.39 is 22.5 Å². The van der Waals surface area contributed by atoms with Crippen molar-refractivity contribution in [3.05, 3.63) is 142 Å². The number of hydrogen-bond donors (Lipinski definition) is 2. The number of benzene rings is 5. The van der Waals surface area contributed by atoms with Gasteiger partial charge in [-0.1, -0.05) is 97.1 Å². The maximum Gasteiger partial charge on any atom is 0.406 e. The highest BCUT2D eigenvalue weighted by molar-refractivity contribution is 6.80. The Morgan fingerprint density at radius 2 is 1.42 bits per heavy atom. The van der Waals surface area contributed by atoms with Crippen LogP contribution in [0, 0.1) is 10.1 Å². The van der Waals surface area contributed by atoms with Crippen LogP contribution in [-0.2, 0) is 16.0 Å². The second-order valence-corrected chi connectivity index (χ2v) is 12.0. The monoisotopic (exact) mass is 596 g/mol. The number of carbonyl (C=O) groups is 1. The van der Waals surface area contributed by atoms with Gasteiger partial charge < -0.3 is 15.2 Å². The van der Waals surface area contributed by atoms with E-state index in [0.29, 0.717) is 16.7 Å². The molecule has 5 aromatic rings. The molecule has 1 unspecified atom stereocenters. The van der Waals surface area contributed by atoms with Crippen molar-refractivity contribution in [2.24, 2.45) is 4.99 Å². The van der Waals surface area contributed by atoms with Crippen molar-refractivity contribution in [3.63, 3.8) is 0 Å². The van der Waals surface area contributed by atoms with Crippen molar-refractivity contribution < 1.29 is 14.5 Å². The van der Waals surface area contributed by atoms with Crippen LogP contribution >= 0.6 is 0 Å². The van der Waals surface area contributed by atoms with E-state index in [-0.39, 0.29) is 19.1 Å². The highest BCUT2D eigenvalue weighted by atomic mass is 16.6. The Morgan fingerprint density at radius 3 is 1.96 bits per heavy atom. The quantitative estimate of drug-likeness (QED) is 0.0674. The van der Waals surface area contributed by atoms with E-state index in [0.717, 1.165) is 33.3 Å². The largest absolute Gasteiger partial charge is 0.458 e. The summed E-state index contributed by atoms with van der Waals surface area (Å²) >= 11 is 0. The number of hydrogen-bond acceptors (Lipinski definition) is 7. The predicted octanol–water partition coefficient (Wildman–Crippen LogP) is 6.77. The molecule has 0 saturated carbocycles. The molecule has 2 N–H and O–H groups in total. The third-order valence-electron chi connectivity index (χ3n) is 7.62. The minimum absolute atomic E-state index is 0.0116. The van der Waals surface area contributed by atoms with Gasteiger partial charge in [-0.15, -0.1) is 0 Å². The van der Waals surface area contributed by atoms with Crippen molar-refractivity contribution in [2.75, 3.05) is 10.5 Å². The van der Waals surface area contributed by atoms with Crippen LogP contribution in [0.25, 0.3) is 10.8 Å². The van der Waals surface area contributed by atoms with E-state index in [4.69, 9.17) is 9.73 Å². The highest BCUT2D eigenvalue weighted by Crippen LogP contribution is 2.34. The van der Waals surface area contributed by atoms with Gasteiger partial charge in [-0.3, -0.25) is 15.1 Å². The van der Waals surface area contributed by atoms with Crippen LogP contribution in [0.5, 0.6) is 0 Å². The minimum Gasteiger partial charge on any atom is -0.458 e. The van der Waals surface area contributed by atoms with Gasteiger partial charge in [-0.05, 0) is 43.8 Å². The van der Waals surface area contributed by atoms with Gasteiger partial charge in [0, 0.05) is 45.9 Å². The summed E-state index contributed by atoms with van der Waals surface area (Å²) in [6.45, 7) is 4.99.